The van der Waals surface area contributed by atoms with E-state index in [1.54, 1.807) is 0 Å². The van der Waals surface area contributed by atoms with Crippen LogP contribution in [0.5, 0.6) is 0 Å². The molecule has 16 heavy (non-hydrogen) atoms. The molecular weight excluding hydrogens is 198 g/mol. The Hall–Kier alpha value is -0.370. The summed E-state index contributed by atoms with van der Waals surface area (Å²) in [4.78, 5) is 13.9. The van der Waals surface area contributed by atoms with Gasteiger partial charge in [0.1, 0.15) is 6.29 Å². The molecule has 0 heterocycles. The van der Waals surface area contributed by atoms with Gasteiger partial charge < -0.3 is 4.79 Å². The normalized spacial score (nSPS) is 17.1. The summed E-state index contributed by atoms with van der Waals surface area (Å²) in [5.41, 5.74) is -0.0997. The van der Waals surface area contributed by atoms with Gasteiger partial charge in [-0.2, -0.15) is 0 Å². The van der Waals surface area contributed by atoms with Gasteiger partial charge in [0.15, 0.2) is 0 Å². The zero-order valence-electron chi connectivity index (χ0n) is 11.3. The zero-order chi connectivity index (χ0) is 12.2. The summed E-state index contributed by atoms with van der Waals surface area (Å²) in [6, 6.07) is 0.764. The number of hydrogen-bond donors (Lipinski definition) is 0. The van der Waals surface area contributed by atoms with Gasteiger partial charge in [-0.05, 0) is 31.6 Å². The second-order valence-electron chi connectivity index (χ2n) is 5.74. The average molecular weight is 225 g/mol. The van der Waals surface area contributed by atoms with Gasteiger partial charge in [0.05, 0.1) is 0 Å². The Kier molecular flexibility index (Phi) is 4.97. The SMILES string of the molecule is CCC(C=O)(CC)CN(CC(C)C)C1CC1. The second kappa shape index (κ2) is 5.81. The van der Waals surface area contributed by atoms with E-state index < -0.39 is 0 Å². The molecule has 1 saturated carbocycles. The van der Waals surface area contributed by atoms with Gasteiger partial charge in [0.25, 0.3) is 0 Å². The molecule has 0 aromatic carbocycles. The molecule has 1 rings (SSSR count). The minimum absolute atomic E-state index is 0.0997. The predicted octanol–water partition coefficient (Wildman–Crippen LogP) is 3.11. The van der Waals surface area contributed by atoms with Gasteiger partial charge in [0.2, 0.25) is 0 Å². The van der Waals surface area contributed by atoms with Crippen LogP contribution in [0, 0.1) is 11.3 Å². The lowest BCUT2D eigenvalue weighted by molar-refractivity contribution is -0.117. The highest BCUT2D eigenvalue weighted by molar-refractivity contribution is 5.59. The quantitative estimate of drug-likeness (QED) is 0.592. The van der Waals surface area contributed by atoms with Crippen LogP contribution in [0.2, 0.25) is 0 Å². The van der Waals surface area contributed by atoms with Crippen molar-refractivity contribution >= 4 is 6.29 Å². The van der Waals surface area contributed by atoms with Crippen molar-refractivity contribution in [2.45, 2.75) is 59.4 Å². The number of hydrogen-bond acceptors (Lipinski definition) is 2. The van der Waals surface area contributed by atoms with Crippen LogP contribution < -0.4 is 0 Å². The molecule has 0 spiro atoms. The molecule has 1 fully saturated rings. The molecule has 0 aromatic rings. The van der Waals surface area contributed by atoms with E-state index in [1.807, 2.05) is 0 Å². The number of aldehydes is 1. The molecule has 0 unspecified atom stereocenters. The van der Waals surface area contributed by atoms with Crippen molar-refractivity contribution in [1.82, 2.24) is 4.90 Å². The molecule has 0 amide bonds. The molecule has 1 aliphatic carbocycles. The molecule has 2 nitrogen and oxygen atoms in total. The van der Waals surface area contributed by atoms with Crippen molar-refractivity contribution in [2.24, 2.45) is 11.3 Å². The van der Waals surface area contributed by atoms with E-state index in [0.717, 1.165) is 32.0 Å². The van der Waals surface area contributed by atoms with E-state index in [9.17, 15) is 4.79 Å². The maximum absolute atomic E-state index is 11.3. The molecule has 0 radical (unpaired) electrons. The highest BCUT2D eigenvalue weighted by Gasteiger charge is 2.35. The van der Waals surface area contributed by atoms with E-state index in [1.165, 1.54) is 19.1 Å². The maximum Gasteiger partial charge on any atom is 0.127 e. The van der Waals surface area contributed by atoms with Crippen molar-refractivity contribution in [3.05, 3.63) is 0 Å². The Balaban J connectivity index is 2.61. The summed E-state index contributed by atoms with van der Waals surface area (Å²) in [7, 11) is 0. The summed E-state index contributed by atoms with van der Waals surface area (Å²) < 4.78 is 0. The third-order valence-electron chi connectivity index (χ3n) is 3.84. The van der Waals surface area contributed by atoms with E-state index in [4.69, 9.17) is 0 Å². The first-order valence-corrected chi connectivity index (χ1v) is 6.77. The fraction of sp³-hybridized carbons (Fsp3) is 0.929. The minimum Gasteiger partial charge on any atom is -0.303 e. The first-order valence-electron chi connectivity index (χ1n) is 6.77. The van der Waals surface area contributed by atoms with Gasteiger partial charge in [0, 0.05) is 24.5 Å². The molecule has 0 saturated heterocycles. The Morgan fingerprint density at radius 2 is 1.88 bits per heavy atom. The fourth-order valence-corrected chi connectivity index (χ4v) is 2.33. The van der Waals surface area contributed by atoms with Crippen LogP contribution in [0.15, 0.2) is 0 Å². The zero-order valence-corrected chi connectivity index (χ0v) is 11.3. The van der Waals surface area contributed by atoms with Gasteiger partial charge in [-0.3, -0.25) is 4.90 Å². The summed E-state index contributed by atoms with van der Waals surface area (Å²) in [5.74, 6) is 0.693. The van der Waals surface area contributed by atoms with E-state index in [0.29, 0.717) is 5.92 Å². The van der Waals surface area contributed by atoms with Gasteiger partial charge in [-0.1, -0.05) is 27.7 Å². The molecule has 94 valence electrons. The van der Waals surface area contributed by atoms with Gasteiger partial charge >= 0.3 is 0 Å². The van der Waals surface area contributed by atoms with Gasteiger partial charge in [-0.15, -0.1) is 0 Å². The Labute approximate surface area is 100 Å². The topological polar surface area (TPSA) is 20.3 Å². The largest absolute Gasteiger partial charge is 0.303 e. The molecule has 0 N–H and O–H groups in total. The van der Waals surface area contributed by atoms with Crippen molar-refractivity contribution in [2.75, 3.05) is 13.1 Å². The molecule has 0 bridgehead atoms. The van der Waals surface area contributed by atoms with Crippen molar-refractivity contribution in [3.63, 3.8) is 0 Å². The van der Waals surface area contributed by atoms with Crippen molar-refractivity contribution in [3.8, 4) is 0 Å². The van der Waals surface area contributed by atoms with Crippen LogP contribution in [0.1, 0.15) is 53.4 Å². The lowest BCUT2D eigenvalue weighted by Crippen LogP contribution is -2.41. The lowest BCUT2D eigenvalue weighted by atomic mass is 9.83. The molecule has 2 heteroatoms. The number of carbonyl (C=O) groups is 1. The Bertz CT molecular complexity index is 217. The van der Waals surface area contributed by atoms with E-state index >= 15 is 0 Å². The molecule has 0 aliphatic heterocycles. The minimum atomic E-state index is -0.0997. The highest BCUT2D eigenvalue weighted by atomic mass is 16.1. The van der Waals surface area contributed by atoms with Gasteiger partial charge in [-0.25, -0.2) is 0 Å². The lowest BCUT2D eigenvalue weighted by Gasteiger charge is -2.34. The van der Waals surface area contributed by atoms with Crippen molar-refractivity contribution in [1.29, 1.82) is 0 Å². The van der Waals surface area contributed by atoms with Crippen LogP contribution in [-0.4, -0.2) is 30.3 Å². The number of nitrogens with zero attached hydrogens (tertiary/aromatic N) is 1. The van der Waals surface area contributed by atoms with Crippen LogP contribution in [0.4, 0.5) is 0 Å². The first kappa shape index (κ1) is 13.7. The van der Waals surface area contributed by atoms with Crippen LogP contribution in [0.3, 0.4) is 0 Å². The summed E-state index contributed by atoms with van der Waals surface area (Å²) >= 11 is 0. The maximum atomic E-state index is 11.3. The predicted molar refractivity (Wildman–Crippen MR) is 68.5 cm³/mol. The van der Waals surface area contributed by atoms with Crippen LogP contribution in [0.25, 0.3) is 0 Å². The summed E-state index contributed by atoms with van der Waals surface area (Å²) in [5, 5.41) is 0. The monoisotopic (exact) mass is 225 g/mol. The molecule has 0 aromatic heterocycles. The molecular formula is C14H27NO. The van der Waals surface area contributed by atoms with E-state index in [-0.39, 0.29) is 5.41 Å². The third-order valence-corrected chi connectivity index (χ3v) is 3.84. The summed E-state index contributed by atoms with van der Waals surface area (Å²) in [6.07, 6.45) is 5.79. The smallest absolute Gasteiger partial charge is 0.127 e. The highest BCUT2D eigenvalue weighted by Crippen LogP contribution is 2.33. The fourth-order valence-electron chi connectivity index (χ4n) is 2.33. The second-order valence-corrected chi connectivity index (χ2v) is 5.74. The van der Waals surface area contributed by atoms with E-state index in [2.05, 4.69) is 32.6 Å². The Morgan fingerprint density at radius 3 is 2.19 bits per heavy atom. The standard InChI is InChI=1S/C14H27NO/c1-5-14(6-2,11-16)10-15(9-12(3)4)13-7-8-13/h11-13H,5-10H2,1-4H3. The molecule has 1 aliphatic rings. The third kappa shape index (κ3) is 3.58. The first-order chi connectivity index (χ1) is 7.56. The van der Waals surface area contributed by atoms with Crippen LogP contribution in [-0.2, 0) is 4.79 Å². The summed E-state index contributed by atoms with van der Waals surface area (Å²) in [6.45, 7) is 10.9. The number of carbonyl (C=O) groups excluding carboxylic acids is 1. The Morgan fingerprint density at radius 1 is 1.31 bits per heavy atom. The van der Waals surface area contributed by atoms with Crippen LogP contribution >= 0.6 is 0 Å². The van der Waals surface area contributed by atoms with Crippen molar-refractivity contribution < 1.29 is 4.79 Å². The average Bonchev–Trinajstić information content (AvgIpc) is 3.08. The molecule has 0 atom stereocenters. The number of rotatable bonds is 8.